The van der Waals surface area contributed by atoms with Crippen LogP contribution in [0.15, 0.2) is 42.6 Å². The Balaban J connectivity index is 2.14. The number of aromatic nitrogens is 1. The lowest BCUT2D eigenvalue weighted by molar-refractivity contribution is 0.627. The number of hydrogen-bond acceptors (Lipinski definition) is 2. The summed E-state index contributed by atoms with van der Waals surface area (Å²) in [6, 6.07) is 10.1. The summed E-state index contributed by atoms with van der Waals surface area (Å²) in [6.45, 7) is 0.637. The van der Waals surface area contributed by atoms with E-state index >= 15 is 0 Å². The van der Waals surface area contributed by atoms with Gasteiger partial charge in [0.1, 0.15) is 11.0 Å². The summed E-state index contributed by atoms with van der Waals surface area (Å²) < 4.78 is 12.8. The third-order valence-electron chi connectivity index (χ3n) is 2.51. The maximum Gasteiger partial charge on any atom is 0.133 e. The highest BCUT2D eigenvalue weighted by Gasteiger charge is 2.05. The minimum atomic E-state index is -0.235. The fourth-order valence-corrected chi connectivity index (χ4v) is 1.76. The maximum atomic E-state index is 12.8. The molecule has 0 radical (unpaired) electrons. The Kier molecular flexibility index (Phi) is 3.59. The number of rotatable bonds is 3. The zero-order valence-corrected chi connectivity index (χ0v) is 10.2. The Morgan fingerprint density at radius 2 is 1.94 bits per heavy atom. The molecule has 0 aliphatic carbocycles. The number of pyridine rings is 1. The maximum absolute atomic E-state index is 12.8. The monoisotopic (exact) mass is 250 g/mol. The molecular weight excluding hydrogens is 239 g/mol. The Bertz CT molecular complexity index is 499. The number of benzene rings is 1. The molecule has 17 heavy (non-hydrogen) atoms. The van der Waals surface area contributed by atoms with Crippen molar-refractivity contribution < 1.29 is 4.39 Å². The molecule has 0 saturated carbocycles. The molecule has 2 nitrogen and oxygen atoms in total. The summed E-state index contributed by atoms with van der Waals surface area (Å²) in [7, 11) is 1.93. The van der Waals surface area contributed by atoms with E-state index in [9.17, 15) is 4.39 Å². The molecule has 0 amide bonds. The summed E-state index contributed by atoms with van der Waals surface area (Å²) in [4.78, 5) is 6.01. The van der Waals surface area contributed by atoms with Gasteiger partial charge < -0.3 is 4.90 Å². The quantitative estimate of drug-likeness (QED) is 0.775. The van der Waals surface area contributed by atoms with Crippen molar-refractivity contribution in [2.24, 2.45) is 0 Å². The molecule has 0 saturated heterocycles. The van der Waals surface area contributed by atoms with E-state index in [-0.39, 0.29) is 5.82 Å². The van der Waals surface area contributed by atoms with E-state index in [1.54, 1.807) is 18.3 Å². The minimum absolute atomic E-state index is 0.235. The van der Waals surface area contributed by atoms with Gasteiger partial charge in [-0.1, -0.05) is 17.7 Å². The number of nitrogens with zero attached hydrogens (tertiary/aromatic N) is 2. The Hall–Kier alpha value is -1.61. The van der Waals surface area contributed by atoms with E-state index in [1.165, 1.54) is 12.1 Å². The van der Waals surface area contributed by atoms with Gasteiger partial charge in [-0.15, -0.1) is 0 Å². The second kappa shape index (κ2) is 5.15. The summed E-state index contributed by atoms with van der Waals surface area (Å²) >= 11 is 5.98. The molecule has 0 aliphatic heterocycles. The smallest absolute Gasteiger partial charge is 0.133 e. The third kappa shape index (κ3) is 2.94. The summed E-state index contributed by atoms with van der Waals surface area (Å²) in [5.74, 6) is -0.235. The first-order chi connectivity index (χ1) is 8.16. The molecule has 2 aromatic rings. The van der Waals surface area contributed by atoms with E-state index in [1.807, 2.05) is 24.1 Å². The fourth-order valence-electron chi connectivity index (χ4n) is 1.58. The van der Waals surface area contributed by atoms with Gasteiger partial charge in [-0.05, 0) is 30.3 Å². The van der Waals surface area contributed by atoms with E-state index in [0.717, 1.165) is 11.3 Å². The van der Waals surface area contributed by atoms with Crippen LogP contribution >= 0.6 is 11.6 Å². The molecule has 1 aromatic heterocycles. The van der Waals surface area contributed by atoms with Crippen molar-refractivity contribution in [1.29, 1.82) is 0 Å². The van der Waals surface area contributed by atoms with Crippen molar-refractivity contribution >= 4 is 17.3 Å². The van der Waals surface area contributed by atoms with E-state index < -0.39 is 0 Å². The molecule has 0 atom stereocenters. The van der Waals surface area contributed by atoms with Gasteiger partial charge in [0.25, 0.3) is 0 Å². The minimum Gasteiger partial charge on any atom is -0.370 e. The zero-order chi connectivity index (χ0) is 12.3. The standard InChI is InChI=1S/C13H12ClFN2/c1-17(12-6-4-11(15)5-7-12)9-10-3-2-8-16-13(10)14/h2-8H,9H2,1H3. The molecular formula is C13H12ClFN2. The lowest BCUT2D eigenvalue weighted by atomic mass is 10.2. The van der Waals surface area contributed by atoms with Crippen LogP contribution in [0.1, 0.15) is 5.56 Å². The Morgan fingerprint density at radius 3 is 2.59 bits per heavy atom. The second-order valence-electron chi connectivity index (χ2n) is 3.79. The zero-order valence-electron chi connectivity index (χ0n) is 9.40. The Labute approximate surface area is 105 Å². The van der Waals surface area contributed by atoms with Gasteiger partial charge in [-0.2, -0.15) is 0 Å². The van der Waals surface area contributed by atoms with Crippen LogP contribution in [0.25, 0.3) is 0 Å². The van der Waals surface area contributed by atoms with Crippen molar-refractivity contribution in [3.63, 3.8) is 0 Å². The lowest BCUT2D eigenvalue weighted by Crippen LogP contribution is -2.16. The van der Waals surface area contributed by atoms with Crippen molar-refractivity contribution in [2.45, 2.75) is 6.54 Å². The van der Waals surface area contributed by atoms with Gasteiger partial charge in [0.15, 0.2) is 0 Å². The van der Waals surface area contributed by atoms with Crippen LogP contribution in [-0.4, -0.2) is 12.0 Å². The van der Waals surface area contributed by atoms with Gasteiger partial charge in [0, 0.05) is 31.0 Å². The van der Waals surface area contributed by atoms with E-state index in [0.29, 0.717) is 11.7 Å². The normalized spacial score (nSPS) is 10.3. The number of hydrogen-bond donors (Lipinski definition) is 0. The van der Waals surface area contributed by atoms with Crippen LogP contribution in [0.5, 0.6) is 0 Å². The molecule has 0 N–H and O–H groups in total. The predicted molar refractivity (Wildman–Crippen MR) is 67.8 cm³/mol. The molecule has 1 heterocycles. The summed E-state index contributed by atoms with van der Waals surface area (Å²) in [5, 5.41) is 0.501. The first kappa shape index (κ1) is 11.9. The highest BCUT2D eigenvalue weighted by molar-refractivity contribution is 6.30. The highest BCUT2D eigenvalue weighted by Crippen LogP contribution is 2.19. The molecule has 0 bridgehead atoms. The summed E-state index contributed by atoms with van der Waals surface area (Å²) in [5.41, 5.74) is 1.88. The van der Waals surface area contributed by atoms with Gasteiger partial charge >= 0.3 is 0 Å². The molecule has 1 aromatic carbocycles. The molecule has 0 aliphatic rings. The first-order valence-corrected chi connectivity index (χ1v) is 5.61. The fraction of sp³-hybridized carbons (Fsp3) is 0.154. The van der Waals surface area contributed by atoms with Crippen molar-refractivity contribution in [3.8, 4) is 0 Å². The molecule has 2 rings (SSSR count). The lowest BCUT2D eigenvalue weighted by Gasteiger charge is -2.19. The van der Waals surface area contributed by atoms with Crippen LogP contribution in [0, 0.1) is 5.82 Å². The van der Waals surface area contributed by atoms with Crippen LogP contribution in [0.2, 0.25) is 5.15 Å². The van der Waals surface area contributed by atoms with Gasteiger partial charge in [-0.25, -0.2) is 9.37 Å². The van der Waals surface area contributed by atoms with Gasteiger partial charge in [0.05, 0.1) is 0 Å². The second-order valence-corrected chi connectivity index (χ2v) is 4.14. The average molecular weight is 251 g/mol. The van der Waals surface area contributed by atoms with E-state index in [4.69, 9.17) is 11.6 Å². The molecule has 0 spiro atoms. The number of anilines is 1. The van der Waals surface area contributed by atoms with Crippen LogP contribution in [0.3, 0.4) is 0 Å². The molecule has 0 unspecified atom stereocenters. The van der Waals surface area contributed by atoms with Crippen molar-refractivity contribution in [3.05, 3.63) is 59.1 Å². The SMILES string of the molecule is CN(Cc1cccnc1Cl)c1ccc(F)cc1. The molecule has 88 valence electrons. The average Bonchev–Trinajstić information content (AvgIpc) is 2.33. The van der Waals surface area contributed by atoms with Crippen molar-refractivity contribution in [2.75, 3.05) is 11.9 Å². The van der Waals surface area contributed by atoms with Crippen LogP contribution in [0.4, 0.5) is 10.1 Å². The topological polar surface area (TPSA) is 16.1 Å². The first-order valence-electron chi connectivity index (χ1n) is 5.23. The third-order valence-corrected chi connectivity index (χ3v) is 2.85. The summed E-state index contributed by atoms with van der Waals surface area (Å²) in [6.07, 6.45) is 1.66. The van der Waals surface area contributed by atoms with Gasteiger partial charge in [-0.3, -0.25) is 0 Å². The molecule has 0 fully saturated rings. The van der Waals surface area contributed by atoms with Gasteiger partial charge in [0.2, 0.25) is 0 Å². The largest absolute Gasteiger partial charge is 0.370 e. The van der Waals surface area contributed by atoms with Crippen LogP contribution < -0.4 is 4.90 Å². The van der Waals surface area contributed by atoms with Crippen molar-refractivity contribution in [1.82, 2.24) is 4.98 Å². The van der Waals surface area contributed by atoms with Crippen LogP contribution in [-0.2, 0) is 6.54 Å². The highest BCUT2D eigenvalue weighted by atomic mass is 35.5. The Morgan fingerprint density at radius 1 is 1.24 bits per heavy atom. The number of halogens is 2. The molecule has 4 heteroatoms. The van der Waals surface area contributed by atoms with E-state index in [2.05, 4.69) is 4.98 Å². The predicted octanol–water partition coefficient (Wildman–Crippen LogP) is 3.51.